The summed E-state index contributed by atoms with van der Waals surface area (Å²) in [5.74, 6) is -1.51. The number of esters is 1. The van der Waals surface area contributed by atoms with Gasteiger partial charge in [-0.25, -0.2) is 4.79 Å². The largest absolute Gasteiger partial charge is 0.462 e. The third-order valence-corrected chi connectivity index (χ3v) is 7.24. The van der Waals surface area contributed by atoms with Crippen LogP contribution in [0.5, 0.6) is 0 Å². The number of carbonyl (C=O) groups excluding carboxylic acids is 3. The third kappa shape index (κ3) is 3.29. The van der Waals surface area contributed by atoms with Crippen molar-refractivity contribution in [1.82, 2.24) is 0 Å². The maximum Gasteiger partial charge on any atom is 0.339 e. The van der Waals surface area contributed by atoms with Crippen LogP contribution in [0, 0.1) is 6.92 Å². The molecule has 5 rings (SSSR count). The molecule has 2 heterocycles. The maximum atomic E-state index is 13.9. The zero-order chi connectivity index (χ0) is 25.1. The van der Waals surface area contributed by atoms with E-state index in [1.807, 2.05) is 19.1 Å². The summed E-state index contributed by atoms with van der Waals surface area (Å²) < 4.78 is 5.41. The average molecular weight is 512 g/mol. The number of ether oxygens (including phenoxy) is 1. The standard InChI is InChI=1S/C26H23Cl2N3O4/c1-3-35-24(33)22-23(29)31(18-10-8-14(27)12-16(18)28)19-5-4-6-20(32)21(19)26(22)15-11-13(2)7-9-17(15)30-25(26)34/h7-12H,3-6,29H2,1-2H3,(H,30,34). The van der Waals surface area contributed by atoms with Crippen molar-refractivity contribution in [3.63, 3.8) is 0 Å². The molecule has 0 fully saturated rings. The van der Waals surface area contributed by atoms with Gasteiger partial charge in [0.2, 0.25) is 5.91 Å². The Hall–Kier alpha value is -3.29. The number of fused-ring (bicyclic) bond motifs is 3. The molecule has 2 aliphatic heterocycles. The van der Waals surface area contributed by atoms with Crippen molar-refractivity contribution in [2.24, 2.45) is 5.73 Å². The van der Waals surface area contributed by atoms with E-state index in [1.165, 1.54) is 0 Å². The number of Topliss-reactive ketones (excluding diaryl/α,β-unsaturated/α-hetero) is 1. The van der Waals surface area contributed by atoms with Crippen molar-refractivity contribution in [1.29, 1.82) is 0 Å². The smallest absolute Gasteiger partial charge is 0.339 e. The number of allylic oxidation sites excluding steroid dienone is 1. The van der Waals surface area contributed by atoms with E-state index in [0.717, 1.165) is 5.56 Å². The second-order valence-electron chi connectivity index (χ2n) is 8.76. The van der Waals surface area contributed by atoms with Gasteiger partial charge in [-0.15, -0.1) is 0 Å². The highest BCUT2D eigenvalue weighted by Crippen LogP contribution is 2.56. The second-order valence-corrected chi connectivity index (χ2v) is 9.61. The third-order valence-electron chi connectivity index (χ3n) is 6.70. The molecule has 7 nitrogen and oxygen atoms in total. The fourth-order valence-corrected chi connectivity index (χ4v) is 5.85. The van der Waals surface area contributed by atoms with Crippen molar-refractivity contribution in [2.75, 3.05) is 16.8 Å². The van der Waals surface area contributed by atoms with Gasteiger partial charge in [-0.05, 0) is 51.0 Å². The van der Waals surface area contributed by atoms with Crippen molar-refractivity contribution in [3.05, 3.63) is 80.2 Å². The van der Waals surface area contributed by atoms with Gasteiger partial charge in [0.25, 0.3) is 0 Å². The molecule has 2 aromatic carbocycles. The molecule has 1 spiro atoms. The summed E-state index contributed by atoms with van der Waals surface area (Å²) in [6, 6.07) is 10.3. The van der Waals surface area contributed by atoms with Gasteiger partial charge in [-0.3, -0.25) is 14.5 Å². The van der Waals surface area contributed by atoms with Crippen molar-refractivity contribution in [2.45, 2.75) is 38.5 Å². The molecule has 0 radical (unpaired) electrons. The van der Waals surface area contributed by atoms with Crippen molar-refractivity contribution in [3.8, 4) is 0 Å². The highest BCUT2D eigenvalue weighted by Gasteiger charge is 2.62. The Balaban J connectivity index is 1.92. The first kappa shape index (κ1) is 23.5. The van der Waals surface area contributed by atoms with Crippen LogP contribution in [0.15, 0.2) is 59.1 Å². The van der Waals surface area contributed by atoms with Crippen LogP contribution in [-0.4, -0.2) is 24.3 Å². The minimum Gasteiger partial charge on any atom is -0.462 e. The van der Waals surface area contributed by atoms with E-state index in [2.05, 4.69) is 5.32 Å². The van der Waals surface area contributed by atoms with E-state index in [0.29, 0.717) is 40.5 Å². The fraction of sp³-hybridized carbons (Fsp3) is 0.269. The molecule has 180 valence electrons. The van der Waals surface area contributed by atoms with E-state index in [-0.39, 0.29) is 40.8 Å². The number of ketones is 1. The predicted octanol–water partition coefficient (Wildman–Crippen LogP) is 4.75. The van der Waals surface area contributed by atoms with Crippen LogP contribution in [0.25, 0.3) is 0 Å². The number of nitrogens with zero attached hydrogens (tertiary/aromatic N) is 1. The number of hydrogen-bond donors (Lipinski definition) is 2. The van der Waals surface area contributed by atoms with Gasteiger partial charge in [-0.1, -0.05) is 40.9 Å². The van der Waals surface area contributed by atoms with E-state index in [1.54, 1.807) is 36.1 Å². The SMILES string of the molecule is CCOC(=O)C1=C(N)N(c2ccc(Cl)cc2Cl)C2=C(C(=O)CCC2)C12C(=O)Nc1ccc(C)cc12. The number of nitrogens with one attached hydrogen (secondary N) is 1. The zero-order valence-electron chi connectivity index (χ0n) is 19.2. The van der Waals surface area contributed by atoms with Crippen molar-refractivity contribution < 1.29 is 19.1 Å². The molecule has 1 atom stereocenters. The Morgan fingerprint density at radius 1 is 1.17 bits per heavy atom. The van der Waals surface area contributed by atoms with Gasteiger partial charge >= 0.3 is 5.97 Å². The quantitative estimate of drug-likeness (QED) is 0.576. The number of carbonyl (C=O) groups is 3. The van der Waals surface area contributed by atoms with Crippen LogP contribution in [0.1, 0.15) is 37.3 Å². The molecule has 2 aromatic rings. The van der Waals surface area contributed by atoms with Gasteiger partial charge < -0.3 is 15.8 Å². The maximum absolute atomic E-state index is 13.9. The first-order chi connectivity index (χ1) is 16.7. The number of aryl methyl sites for hydroxylation is 1. The Labute approximate surface area is 212 Å². The Morgan fingerprint density at radius 3 is 2.66 bits per heavy atom. The molecule has 1 amide bonds. The monoisotopic (exact) mass is 511 g/mol. The molecule has 3 aliphatic rings. The summed E-state index contributed by atoms with van der Waals surface area (Å²) in [6.45, 7) is 3.62. The first-order valence-corrected chi connectivity index (χ1v) is 12.1. The van der Waals surface area contributed by atoms with Gasteiger partial charge in [0.15, 0.2) is 5.78 Å². The Morgan fingerprint density at radius 2 is 1.94 bits per heavy atom. The summed E-state index contributed by atoms with van der Waals surface area (Å²) in [6.07, 6.45) is 1.28. The average Bonchev–Trinajstić information content (AvgIpc) is 3.07. The minimum atomic E-state index is -1.72. The Bertz CT molecular complexity index is 1380. The molecular weight excluding hydrogens is 489 g/mol. The molecular formula is C26H23Cl2N3O4. The number of hydrogen-bond acceptors (Lipinski definition) is 6. The molecule has 3 N–H and O–H groups in total. The van der Waals surface area contributed by atoms with Crippen LogP contribution in [-0.2, 0) is 24.5 Å². The van der Waals surface area contributed by atoms with E-state index in [9.17, 15) is 14.4 Å². The van der Waals surface area contributed by atoms with Gasteiger partial charge in [0, 0.05) is 34.0 Å². The predicted molar refractivity (Wildman–Crippen MR) is 134 cm³/mol. The van der Waals surface area contributed by atoms with E-state index < -0.39 is 17.3 Å². The number of nitrogens with two attached hydrogens (primary N) is 1. The molecule has 0 saturated carbocycles. The summed E-state index contributed by atoms with van der Waals surface area (Å²) in [7, 11) is 0. The molecule has 9 heteroatoms. The van der Waals surface area contributed by atoms with Crippen LogP contribution >= 0.6 is 23.2 Å². The molecule has 0 bridgehead atoms. The topological polar surface area (TPSA) is 102 Å². The number of halogens is 2. The van der Waals surface area contributed by atoms with Crippen molar-refractivity contribution >= 4 is 52.2 Å². The van der Waals surface area contributed by atoms with E-state index >= 15 is 0 Å². The number of amides is 1. The normalized spacial score (nSPS) is 21.3. The molecule has 0 aromatic heterocycles. The fourth-order valence-electron chi connectivity index (χ4n) is 5.36. The lowest BCUT2D eigenvalue weighted by molar-refractivity contribution is -0.140. The summed E-state index contributed by atoms with van der Waals surface area (Å²) in [4.78, 5) is 42.7. The van der Waals surface area contributed by atoms with Crippen LogP contribution in [0.3, 0.4) is 0 Å². The first-order valence-electron chi connectivity index (χ1n) is 11.3. The van der Waals surface area contributed by atoms with E-state index in [4.69, 9.17) is 33.7 Å². The molecule has 0 saturated heterocycles. The zero-order valence-corrected chi connectivity index (χ0v) is 20.7. The van der Waals surface area contributed by atoms with Crippen LogP contribution < -0.4 is 16.0 Å². The lowest BCUT2D eigenvalue weighted by atomic mass is 9.63. The number of benzene rings is 2. The summed E-state index contributed by atoms with van der Waals surface area (Å²) in [5.41, 5.74) is 8.06. The summed E-state index contributed by atoms with van der Waals surface area (Å²) >= 11 is 12.7. The Kier molecular flexibility index (Phi) is 5.65. The minimum absolute atomic E-state index is 0.00868. The molecule has 1 aliphatic carbocycles. The highest BCUT2D eigenvalue weighted by atomic mass is 35.5. The van der Waals surface area contributed by atoms with Gasteiger partial charge in [0.1, 0.15) is 16.8 Å². The van der Waals surface area contributed by atoms with Gasteiger partial charge in [0.05, 0.1) is 17.3 Å². The lowest BCUT2D eigenvalue weighted by Crippen LogP contribution is -2.53. The van der Waals surface area contributed by atoms with Crippen LogP contribution in [0.2, 0.25) is 10.0 Å². The van der Waals surface area contributed by atoms with Crippen LogP contribution in [0.4, 0.5) is 11.4 Å². The molecule has 35 heavy (non-hydrogen) atoms. The van der Waals surface area contributed by atoms with Gasteiger partial charge in [-0.2, -0.15) is 0 Å². The number of anilines is 2. The molecule has 1 unspecified atom stereocenters. The summed E-state index contributed by atoms with van der Waals surface area (Å²) in [5, 5.41) is 3.59. The number of rotatable bonds is 3. The second kappa shape index (κ2) is 8.43. The highest BCUT2D eigenvalue weighted by molar-refractivity contribution is 6.36. The lowest BCUT2D eigenvalue weighted by Gasteiger charge is -2.44.